The number of aromatic nitrogens is 1. The predicted molar refractivity (Wildman–Crippen MR) is 54.5 cm³/mol. The number of halogens is 1. The fourth-order valence-corrected chi connectivity index (χ4v) is 2.05. The molecule has 0 radical (unpaired) electrons. The van der Waals surface area contributed by atoms with Crippen molar-refractivity contribution in [3.63, 3.8) is 0 Å². The lowest BCUT2D eigenvalue weighted by molar-refractivity contribution is 0.0955. The first kappa shape index (κ1) is 10.5. The second kappa shape index (κ2) is 3.87. The third-order valence-corrected chi connectivity index (χ3v) is 3.08. The number of rotatable bonds is 1. The van der Waals surface area contributed by atoms with Gasteiger partial charge in [0.2, 0.25) is 0 Å². The molecule has 0 atom stereocenters. The quantitative estimate of drug-likeness (QED) is 0.734. The Morgan fingerprint density at radius 2 is 2.13 bits per heavy atom. The SMILES string of the molecule is NC1(c2cc(F)ccn2)CCC(O)CC1. The van der Waals surface area contributed by atoms with Crippen LogP contribution in [-0.2, 0) is 5.54 Å². The summed E-state index contributed by atoms with van der Waals surface area (Å²) in [5.41, 5.74) is 6.20. The standard InChI is InChI=1S/C11H15FN2O/c12-8-3-6-14-10(7-8)11(13)4-1-9(15)2-5-11/h3,6-7,9,15H,1-2,4-5,13H2. The summed E-state index contributed by atoms with van der Waals surface area (Å²) in [6, 6.07) is 2.70. The lowest BCUT2D eigenvalue weighted by Crippen LogP contribution is -2.42. The minimum absolute atomic E-state index is 0.268. The molecule has 0 bridgehead atoms. The molecule has 4 heteroatoms. The monoisotopic (exact) mass is 210 g/mol. The van der Waals surface area contributed by atoms with Crippen LogP contribution in [0.15, 0.2) is 18.3 Å². The Bertz CT molecular complexity index is 348. The first-order chi connectivity index (χ1) is 7.10. The number of aliphatic hydroxyl groups excluding tert-OH is 1. The summed E-state index contributed by atoms with van der Waals surface area (Å²) in [4.78, 5) is 4.11. The minimum atomic E-state index is -0.568. The van der Waals surface area contributed by atoms with E-state index < -0.39 is 5.54 Å². The molecule has 0 aromatic carbocycles. The van der Waals surface area contributed by atoms with Gasteiger partial charge in [0.1, 0.15) is 5.82 Å². The predicted octanol–water partition coefficient (Wildman–Crippen LogP) is 1.31. The highest BCUT2D eigenvalue weighted by Gasteiger charge is 2.33. The third-order valence-electron chi connectivity index (χ3n) is 3.08. The molecule has 82 valence electrons. The highest BCUT2D eigenvalue weighted by Crippen LogP contribution is 2.33. The Labute approximate surface area is 88.1 Å². The summed E-state index contributed by atoms with van der Waals surface area (Å²) in [7, 11) is 0. The van der Waals surface area contributed by atoms with E-state index in [1.807, 2.05) is 0 Å². The van der Waals surface area contributed by atoms with Crippen molar-refractivity contribution < 1.29 is 9.50 Å². The molecular weight excluding hydrogens is 195 g/mol. The van der Waals surface area contributed by atoms with E-state index >= 15 is 0 Å². The van der Waals surface area contributed by atoms with Crippen LogP contribution in [0.5, 0.6) is 0 Å². The van der Waals surface area contributed by atoms with Gasteiger partial charge in [0.05, 0.1) is 17.3 Å². The van der Waals surface area contributed by atoms with Crippen LogP contribution in [0.4, 0.5) is 4.39 Å². The Balaban J connectivity index is 2.22. The minimum Gasteiger partial charge on any atom is -0.393 e. The zero-order valence-corrected chi connectivity index (χ0v) is 8.49. The van der Waals surface area contributed by atoms with Crippen LogP contribution in [-0.4, -0.2) is 16.2 Å². The van der Waals surface area contributed by atoms with Gasteiger partial charge in [0.25, 0.3) is 0 Å². The summed E-state index contributed by atoms with van der Waals surface area (Å²) in [6.45, 7) is 0. The number of aliphatic hydroxyl groups is 1. The van der Waals surface area contributed by atoms with Gasteiger partial charge in [-0.25, -0.2) is 4.39 Å². The molecule has 0 spiro atoms. The molecule has 0 unspecified atom stereocenters. The van der Waals surface area contributed by atoms with Gasteiger partial charge in [-0.1, -0.05) is 0 Å². The topological polar surface area (TPSA) is 59.1 Å². The summed E-state index contributed by atoms with van der Waals surface area (Å²) in [6.07, 6.45) is 3.80. The lowest BCUT2D eigenvalue weighted by Gasteiger charge is -2.34. The van der Waals surface area contributed by atoms with Crippen LogP contribution in [0.25, 0.3) is 0 Å². The molecule has 3 N–H and O–H groups in total. The van der Waals surface area contributed by atoms with Crippen molar-refractivity contribution in [1.82, 2.24) is 4.98 Å². The Kier molecular flexibility index (Phi) is 2.71. The Morgan fingerprint density at radius 3 is 2.73 bits per heavy atom. The van der Waals surface area contributed by atoms with E-state index in [1.165, 1.54) is 18.3 Å². The molecule has 1 aromatic rings. The smallest absolute Gasteiger partial charge is 0.126 e. The number of hydrogen-bond donors (Lipinski definition) is 2. The van der Waals surface area contributed by atoms with Gasteiger partial charge < -0.3 is 10.8 Å². The molecule has 0 saturated heterocycles. The van der Waals surface area contributed by atoms with Gasteiger partial charge in [-0.05, 0) is 37.8 Å². The van der Waals surface area contributed by atoms with Crippen molar-refractivity contribution in [1.29, 1.82) is 0 Å². The molecule has 1 aliphatic carbocycles. The molecule has 0 aliphatic heterocycles. The average molecular weight is 210 g/mol. The van der Waals surface area contributed by atoms with Crippen LogP contribution in [0.1, 0.15) is 31.4 Å². The van der Waals surface area contributed by atoms with E-state index in [4.69, 9.17) is 5.73 Å². The molecule has 2 rings (SSSR count). The van der Waals surface area contributed by atoms with Crippen LogP contribution in [0.2, 0.25) is 0 Å². The second-order valence-corrected chi connectivity index (χ2v) is 4.25. The fourth-order valence-electron chi connectivity index (χ4n) is 2.05. The van der Waals surface area contributed by atoms with E-state index in [1.54, 1.807) is 0 Å². The van der Waals surface area contributed by atoms with Crippen molar-refractivity contribution in [2.24, 2.45) is 5.73 Å². The van der Waals surface area contributed by atoms with E-state index in [-0.39, 0.29) is 11.9 Å². The Hall–Kier alpha value is -1.00. The molecule has 1 fully saturated rings. The highest BCUT2D eigenvalue weighted by atomic mass is 19.1. The van der Waals surface area contributed by atoms with Crippen molar-refractivity contribution >= 4 is 0 Å². The van der Waals surface area contributed by atoms with Crippen molar-refractivity contribution in [3.05, 3.63) is 29.8 Å². The van der Waals surface area contributed by atoms with Crippen LogP contribution in [0, 0.1) is 5.82 Å². The van der Waals surface area contributed by atoms with E-state index in [0.717, 1.165) is 0 Å². The van der Waals surface area contributed by atoms with Gasteiger partial charge in [0.15, 0.2) is 0 Å². The summed E-state index contributed by atoms with van der Waals surface area (Å²) in [5.74, 6) is -0.309. The lowest BCUT2D eigenvalue weighted by atomic mass is 9.79. The van der Waals surface area contributed by atoms with Crippen molar-refractivity contribution in [3.8, 4) is 0 Å². The van der Waals surface area contributed by atoms with E-state index in [9.17, 15) is 9.50 Å². The summed E-state index contributed by atoms with van der Waals surface area (Å²) in [5, 5.41) is 9.39. The van der Waals surface area contributed by atoms with Crippen LogP contribution >= 0.6 is 0 Å². The van der Waals surface area contributed by atoms with Gasteiger partial charge in [-0.3, -0.25) is 4.98 Å². The van der Waals surface area contributed by atoms with Gasteiger partial charge in [-0.2, -0.15) is 0 Å². The van der Waals surface area contributed by atoms with Crippen molar-refractivity contribution in [2.75, 3.05) is 0 Å². The molecule has 1 saturated carbocycles. The van der Waals surface area contributed by atoms with Gasteiger partial charge in [0, 0.05) is 6.20 Å². The fraction of sp³-hybridized carbons (Fsp3) is 0.545. The van der Waals surface area contributed by atoms with Gasteiger partial charge in [-0.15, -0.1) is 0 Å². The van der Waals surface area contributed by atoms with E-state index in [2.05, 4.69) is 4.98 Å². The molecular formula is C11H15FN2O. The van der Waals surface area contributed by atoms with Crippen molar-refractivity contribution in [2.45, 2.75) is 37.3 Å². The number of nitrogens with two attached hydrogens (primary N) is 1. The van der Waals surface area contributed by atoms with Gasteiger partial charge >= 0.3 is 0 Å². The zero-order chi connectivity index (χ0) is 10.9. The first-order valence-electron chi connectivity index (χ1n) is 5.19. The van der Waals surface area contributed by atoms with Crippen LogP contribution < -0.4 is 5.73 Å². The average Bonchev–Trinajstić information content (AvgIpc) is 2.23. The van der Waals surface area contributed by atoms with Crippen LogP contribution in [0.3, 0.4) is 0 Å². The second-order valence-electron chi connectivity index (χ2n) is 4.25. The first-order valence-corrected chi connectivity index (χ1v) is 5.19. The molecule has 3 nitrogen and oxygen atoms in total. The normalized spacial score (nSPS) is 31.5. The maximum Gasteiger partial charge on any atom is 0.126 e. The van der Waals surface area contributed by atoms with E-state index in [0.29, 0.717) is 31.4 Å². The summed E-state index contributed by atoms with van der Waals surface area (Å²) >= 11 is 0. The maximum atomic E-state index is 13.0. The zero-order valence-electron chi connectivity index (χ0n) is 8.49. The number of hydrogen-bond acceptors (Lipinski definition) is 3. The maximum absolute atomic E-state index is 13.0. The molecule has 1 heterocycles. The molecule has 1 aliphatic rings. The molecule has 15 heavy (non-hydrogen) atoms. The number of pyridine rings is 1. The summed E-state index contributed by atoms with van der Waals surface area (Å²) < 4.78 is 13.0. The largest absolute Gasteiger partial charge is 0.393 e. The Morgan fingerprint density at radius 1 is 1.47 bits per heavy atom. The molecule has 1 aromatic heterocycles. The molecule has 0 amide bonds. The highest BCUT2D eigenvalue weighted by molar-refractivity contribution is 5.17. The third kappa shape index (κ3) is 2.16. The number of nitrogens with zero attached hydrogens (tertiary/aromatic N) is 1.